The fourth-order valence-electron chi connectivity index (χ4n) is 2.48. The van der Waals surface area contributed by atoms with Gasteiger partial charge in [0.1, 0.15) is 22.9 Å². The molecule has 1 heterocycles. The molecule has 10 heteroatoms. The first-order valence-electron chi connectivity index (χ1n) is 7.71. The Hall–Kier alpha value is -3.17. The second-order valence-corrected chi connectivity index (χ2v) is 5.83. The minimum Gasteiger partial charge on any atom is -0.457 e. The number of H-pyrrole nitrogens is 1. The molecule has 4 nitrogen and oxygen atoms in total. The molecular formula is C18H11F6NO3. The quantitative estimate of drug-likeness (QED) is 0.584. The topological polar surface area (TPSA) is 51.3 Å². The lowest BCUT2D eigenvalue weighted by Crippen LogP contribution is -2.16. The predicted molar refractivity (Wildman–Crippen MR) is 87.5 cm³/mol. The largest absolute Gasteiger partial charge is 0.573 e. The molecule has 0 saturated heterocycles. The fourth-order valence-corrected chi connectivity index (χ4v) is 2.48. The number of ether oxygens (including phenoxy) is 2. The van der Waals surface area contributed by atoms with Crippen LogP contribution in [0, 0.1) is 6.92 Å². The molecule has 0 bridgehead atoms. The summed E-state index contributed by atoms with van der Waals surface area (Å²) in [6.45, 7) is 1.55. The van der Waals surface area contributed by atoms with E-state index in [0.29, 0.717) is 11.6 Å². The van der Waals surface area contributed by atoms with Crippen molar-refractivity contribution in [1.82, 2.24) is 4.98 Å². The Labute approximate surface area is 153 Å². The molecule has 0 aliphatic heterocycles. The Bertz CT molecular complexity index is 1070. The second kappa shape index (κ2) is 6.77. The highest BCUT2D eigenvalue weighted by Gasteiger charge is 2.32. The van der Waals surface area contributed by atoms with E-state index in [1.165, 1.54) is 24.3 Å². The highest BCUT2D eigenvalue weighted by molar-refractivity contribution is 5.81. The maximum atomic E-state index is 12.8. The van der Waals surface area contributed by atoms with Gasteiger partial charge in [0.15, 0.2) is 5.43 Å². The lowest BCUT2D eigenvalue weighted by atomic mass is 10.1. The normalized spacial score (nSPS) is 12.2. The molecule has 2 aromatic carbocycles. The lowest BCUT2D eigenvalue weighted by Gasteiger charge is -2.13. The molecule has 1 N–H and O–H groups in total. The van der Waals surface area contributed by atoms with Crippen molar-refractivity contribution < 1.29 is 35.8 Å². The molecule has 0 aliphatic rings. The minimum atomic E-state index is -4.83. The number of aromatic nitrogens is 1. The van der Waals surface area contributed by atoms with Crippen LogP contribution < -0.4 is 14.9 Å². The second-order valence-electron chi connectivity index (χ2n) is 5.83. The van der Waals surface area contributed by atoms with Crippen LogP contribution in [-0.2, 0) is 6.18 Å². The number of halogens is 6. The van der Waals surface area contributed by atoms with Gasteiger partial charge in [-0.3, -0.25) is 4.79 Å². The lowest BCUT2D eigenvalue weighted by molar-refractivity contribution is -0.274. The van der Waals surface area contributed by atoms with Crippen molar-refractivity contribution >= 4 is 10.9 Å². The van der Waals surface area contributed by atoms with Crippen molar-refractivity contribution in [3.8, 4) is 17.2 Å². The van der Waals surface area contributed by atoms with Gasteiger partial charge < -0.3 is 14.5 Å². The zero-order valence-electron chi connectivity index (χ0n) is 14.0. The van der Waals surface area contributed by atoms with Crippen molar-refractivity contribution in [2.45, 2.75) is 19.5 Å². The summed E-state index contributed by atoms with van der Waals surface area (Å²) in [6.07, 6.45) is -9.52. The van der Waals surface area contributed by atoms with Crippen LogP contribution in [0.2, 0.25) is 0 Å². The predicted octanol–water partition coefficient (Wildman–Crippen LogP) is 5.55. The molecule has 0 fully saturated rings. The number of aryl methyl sites for hydroxylation is 1. The summed E-state index contributed by atoms with van der Waals surface area (Å²) in [5, 5.41) is -0.0226. The molecule has 0 radical (unpaired) electrons. The summed E-state index contributed by atoms with van der Waals surface area (Å²) in [4.78, 5) is 14.2. The van der Waals surface area contributed by atoms with E-state index in [1.807, 2.05) is 0 Å². The maximum Gasteiger partial charge on any atom is 0.573 e. The Morgan fingerprint density at radius 1 is 0.893 bits per heavy atom. The fraction of sp³-hybridized carbons (Fsp3) is 0.167. The van der Waals surface area contributed by atoms with Gasteiger partial charge in [-0.1, -0.05) is 0 Å². The third kappa shape index (κ3) is 4.38. The number of pyridine rings is 1. The summed E-state index contributed by atoms with van der Waals surface area (Å²) in [6, 6.07) is 7.57. The van der Waals surface area contributed by atoms with Gasteiger partial charge >= 0.3 is 12.5 Å². The van der Waals surface area contributed by atoms with E-state index < -0.39 is 29.4 Å². The number of hydrogen-bond donors (Lipinski definition) is 1. The van der Waals surface area contributed by atoms with Gasteiger partial charge in [0.25, 0.3) is 0 Å². The molecule has 3 rings (SSSR count). The molecule has 148 valence electrons. The highest BCUT2D eigenvalue weighted by atomic mass is 19.4. The van der Waals surface area contributed by atoms with E-state index >= 15 is 0 Å². The molecule has 3 aromatic rings. The van der Waals surface area contributed by atoms with Crippen LogP contribution in [0.5, 0.6) is 17.2 Å². The number of nitrogens with one attached hydrogen (secondary N) is 1. The molecule has 1 aromatic heterocycles. The summed E-state index contributed by atoms with van der Waals surface area (Å²) < 4.78 is 84.3. The number of hydrogen-bond acceptors (Lipinski definition) is 3. The molecule has 0 saturated carbocycles. The van der Waals surface area contributed by atoms with Crippen LogP contribution in [0.3, 0.4) is 0 Å². The molecule has 0 unspecified atom stereocenters. The number of rotatable bonds is 3. The van der Waals surface area contributed by atoms with E-state index in [0.717, 1.165) is 12.1 Å². The van der Waals surface area contributed by atoms with Crippen LogP contribution in [0.15, 0.2) is 47.3 Å². The molecule has 0 spiro atoms. The third-order valence-electron chi connectivity index (χ3n) is 3.72. The number of benzene rings is 2. The van der Waals surface area contributed by atoms with E-state index in [9.17, 15) is 31.1 Å². The Kier molecular flexibility index (Phi) is 4.74. The van der Waals surface area contributed by atoms with E-state index in [1.54, 1.807) is 6.92 Å². The monoisotopic (exact) mass is 403 g/mol. The smallest absolute Gasteiger partial charge is 0.457 e. The van der Waals surface area contributed by atoms with Gasteiger partial charge in [-0.2, -0.15) is 13.2 Å². The molecular weight excluding hydrogens is 392 g/mol. The van der Waals surface area contributed by atoms with Crippen LogP contribution in [0.4, 0.5) is 26.3 Å². The first kappa shape index (κ1) is 19.6. The maximum absolute atomic E-state index is 12.8. The summed E-state index contributed by atoms with van der Waals surface area (Å²) in [7, 11) is 0. The van der Waals surface area contributed by atoms with Gasteiger partial charge in [0, 0.05) is 11.5 Å². The minimum absolute atomic E-state index is 0.0152. The van der Waals surface area contributed by atoms with Crippen molar-refractivity contribution in [3.05, 3.63) is 63.9 Å². The van der Waals surface area contributed by atoms with Crippen molar-refractivity contribution in [2.75, 3.05) is 0 Å². The Morgan fingerprint density at radius 3 is 2.07 bits per heavy atom. The molecule has 0 aliphatic carbocycles. The van der Waals surface area contributed by atoms with Crippen LogP contribution >= 0.6 is 0 Å². The van der Waals surface area contributed by atoms with E-state index in [2.05, 4.69) is 9.72 Å². The summed E-state index contributed by atoms with van der Waals surface area (Å²) in [5.41, 5.74) is -1.62. The van der Waals surface area contributed by atoms with Gasteiger partial charge in [-0.15, -0.1) is 13.2 Å². The Morgan fingerprint density at radius 2 is 1.50 bits per heavy atom. The molecule has 28 heavy (non-hydrogen) atoms. The van der Waals surface area contributed by atoms with Gasteiger partial charge in [0.05, 0.1) is 5.52 Å². The summed E-state index contributed by atoms with van der Waals surface area (Å²) in [5.74, 6) is -0.117. The third-order valence-corrected chi connectivity index (χ3v) is 3.72. The standard InChI is InChI=1S/C18H11F6NO3/c1-9-6-13-12(14(26)8-16(25-13)17(19,20)21)7-15(9)27-10-2-4-11(5-3-10)28-18(22,23)24/h2-8H,1H3,(H,25,26). The first-order valence-corrected chi connectivity index (χ1v) is 7.71. The first-order chi connectivity index (χ1) is 12.9. The summed E-state index contributed by atoms with van der Waals surface area (Å²) >= 11 is 0. The zero-order valence-corrected chi connectivity index (χ0v) is 14.0. The zero-order chi connectivity index (χ0) is 20.7. The average molecular weight is 403 g/mol. The van der Waals surface area contributed by atoms with Crippen molar-refractivity contribution in [3.63, 3.8) is 0 Å². The van der Waals surface area contributed by atoms with Crippen molar-refractivity contribution in [1.29, 1.82) is 0 Å². The SMILES string of the molecule is Cc1cc2[nH]c(C(F)(F)F)cc(=O)c2cc1Oc1ccc(OC(F)(F)F)cc1. The molecule has 0 atom stereocenters. The average Bonchev–Trinajstić information content (AvgIpc) is 2.55. The van der Waals surface area contributed by atoms with Crippen LogP contribution in [0.1, 0.15) is 11.3 Å². The Balaban J connectivity index is 1.93. The van der Waals surface area contributed by atoms with Gasteiger partial charge in [0.2, 0.25) is 0 Å². The van der Waals surface area contributed by atoms with E-state index in [-0.39, 0.29) is 22.4 Å². The van der Waals surface area contributed by atoms with Crippen LogP contribution in [-0.4, -0.2) is 11.3 Å². The highest BCUT2D eigenvalue weighted by Crippen LogP contribution is 2.32. The van der Waals surface area contributed by atoms with E-state index in [4.69, 9.17) is 4.74 Å². The van der Waals surface area contributed by atoms with Crippen LogP contribution in [0.25, 0.3) is 10.9 Å². The van der Waals surface area contributed by atoms with Gasteiger partial charge in [-0.05, 0) is 48.9 Å². The number of fused-ring (bicyclic) bond motifs is 1. The van der Waals surface area contributed by atoms with Crippen molar-refractivity contribution in [2.24, 2.45) is 0 Å². The number of aromatic amines is 1. The van der Waals surface area contributed by atoms with Gasteiger partial charge in [-0.25, -0.2) is 0 Å². The number of alkyl halides is 6. The molecule has 0 amide bonds.